The first-order chi connectivity index (χ1) is 8.31. The van der Waals surface area contributed by atoms with Crippen LogP contribution in [0.15, 0.2) is 51.9 Å². The van der Waals surface area contributed by atoms with Crippen molar-refractivity contribution < 1.29 is 13.9 Å². The van der Waals surface area contributed by atoms with Gasteiger partial charge in [0.25, 0.3) is 0 Å². The summed E-state index contributed by atoms with van der Waals surface area (Å²) in [5.41, 5.74) is 0.710. The summed E-state index contributed by atoms with van der Waals surface area (Å²) >= 11 is 0. The molecular weight excluding hydrogens is 220 g/mol. The molecule has 0 amide bonds. The van der Waals surface area contributed by atoms with Crippen molar-refractivity contribution in [1.82, 2.24) is 0 Å². The largest absolute Gasteiger partial charge is 0.479 e. The van der Waals surface area contributed by atoms with Crippen molar-refractivity contribution in [3.05, 3.63) is 58.4 Å². The van der Waals surface area contributed by atoms with Gasteiger partial charge in [0.15, 0.2) is 0 Å². The van der Waals surface area contributed by atoms with E-state index in [0.717, 1.165) is 5.56 Å². The van der Waals surface area contributed by atoms with Gasteiger partial charge in [-0.1, -0.05) is 30.3 Å². The summed E-state index contributed by atoms with van der Waals surface area (Å²) < 4.78 is 15.4. The molecule has 88 valence electrons. The Morgan fingerprint density at radius 3 is 2.65 bits per heavy atom. The molecule has 0 saturated carbocycles. The molecule has 0 aliphatic carbocycles. The average molecular weight is 232 g/mol. The fourth-order valence-corrected chi connectivity index (χ4v) is 1.39. The van der Waals surface area contributed by atoms with E-state index in [0.29, 0.717) is 6.61 Å². The molecule has 0 saturated heterocycles. The molecule has 1 heterocycles. The van der Waals surface area contributed by atoms with Crippen LogP contribution >= 0.6 is 0 Å². The zero-order chi connectivity index (χ0) is 12.1. The van der Waals surface area contributed by atoms with Crippen LogP contribution in [0.25, 0.3) is 0 Å². The molecular formula is C13H12O4. The third-order valence-electron chi connectivity index (χ3n) is 2.22. The lowest BCUT2D eigenvalue weighted by molar-refractivity contribution is 0.234. The summed E-state index contributed by atoms with van der Waals surface area (Å²) in [6, 6.07) is 10.9. The highest BCUT2D eigenvalue weighted by atomic mass is 16.6. The maximum atomic E-state index is 11.6. The molecule has 4 heteroatoms. The van der Waals surface area contributed by atoms with E-state index >= 15 is 0 Å². The minimum atomic E-state index is -0.260. The van der Waals surface area contributed by atoms with Crippen molar-refractivity contribution in [3.8, 4) is 11.7 Å². The fourth-order valence-electron chi connectivity index (χ4n) is 1.39. The van der Waals surface area contributed by atoms with Gasteiger partial charge in [-0.05, 0) is 5.56 Å². The SMILES string of the molecule is COc1occc(=O)c1OCc1ccccc1. The van der Waals surface area contributed by atoms with Crippen LogP contribution in [0.2, 0.25) is 0 Å². The van der Waals surface area contributed by atoms with Crippen molar-refractivity contribution in [1.29, 1.82) is 0 Å². The number of hydrogen-bond acceptors (Lipinski definition) is 4. The lowest BCUT2D eigenvalue weighted by Crippen LogP contribution is -2.08. The van der Waals surface area contributed by atoms with Gasteiger partial charge in [0, 0.05) is 6.07 Å². The molecule has 0 unspecified atom stereocenters. The molecule has 0 bridgehead atoms. The zero-order valence-electron chi connectivity index (χ0n) is 9.38. The van der Waals surface area contributed by atoms with Gasteiger partial charge in [-0.15, -0.1) is 0 Å². The summed E-state index contributed by atoms with van der Waals surface area (Å²) in [6.07, 6.45) is 1.27. The molecule has 1 aromatic heterocycles. The van der Waals surface area contributed by atoms with Crippen LogP contribution in [0.5, 0.6) is 11.7 Å². The Kier molecular flexibility index (Phi) is 3.45. The predicted molar refractivity (Wildman–Crippen MR) is 62.3 cm³/mol. The zero-order valence-corrected chi connectivity index (χ0v) is 9.38. The van der Waals surface area contributed by atoms with Crippen molar-refractivity contribution >= 4 is 0 Å². The molecule has 4 nitrogen and oxygen atoms in total. The normalized spacial score (nSPS) is 9.94. The molecule has 0 aliphatic rings. The number of methoxy groups -OCH3 is 1. The van der Waals surface area contributed by atoms with E-state index in [1.165, 1.54) is 19.4 Å². The first-order valence-corrected chi connectivity index (χ1v) is 5.14. The highest BCUT2D eigenvalue weighted by Gasteiger charge is 2.11. The smallest absolute Gasteiger partial charge is 0.332 e. The van der Waals surface area contributed by atoms with Crippen LogP contribution in [0.3, 0.4) is 0 Å². The van der Waals surface area contributed by atoms with E-state index in [2.05, 4.69) is 0 Å². The van der Waals surface area contributed by atoms with Crippen molar-refractivity contribution in [2.75, 3.05) is 7.11 Å². The van der Waals surface area contributed by atoms with Gasteiger partial charge in [-0.3, -0.25) is 4.79 Å². The van der Waals surface area contributed by atoms with Gasteiger partial charge < -0.3 is 13.9 Å². The summed E-state index contributed by atoms with van der Waals surface area (Å²) in [5, 5.41) is 0. The van der Waals surface area contributed by atoms with E-state index in [1.54, 1.807) is 0 Å². The van der Waals surface area contributed by atoms with E-state index in [9.17, 15) is 4.79 Å². The molecule has 2 aromatic rings. The molecule has 0 fully saturated rings. The molecule has 0 spiro atoms. The Balaban J connectivity index is 2.17. The topological polar surface area (TPSA) is 48.7 Å². The monoisotopic (exact) mass is 232 g/mol. The molecule has 1 aromatic carbocycles. The van der Waals surface area contributed by atoms with Crippen LogP contribution in [0.1, 0.15) is 5.56 Å². The number of rotatable bonds is 4. The minimum Gasteiger partial charge on any atom is -0.479 e. The maximum Gasteiger partial charge on any atom is 0.332 e. The van der Waals surface area contributed by atoms with E-state index in [-0.39, 0.29) is 17.1 Å². The van der Waals surface area contributed by atoms with Crippen molar-refractivity contribution in [3.63, 3.8) is 0 Å². The van der Waals surface area contributed by atoms with Crippen LogP contribution in [-0.2, 0) is 6.61 Å². The highest BCUT2D eigenvalue weighted by molar-refractivity contribution is 5.30. The number of ether oxygens (including phenoxy) is 2. The Labute approximate surface area is 98.4 Å². The second-order valence-electron chi connectivity index (χ2n) is 3.38. The average Bonchev–Trinajstić information content (AvgIpc) is 2.38. The van der Waals surface area contributed by atoms with E-state index in [4.69, 9.17) is 13.9 Å². The van der Waals surface area contributed by atoms with Crippen molar-refractivity contribution in [2.24, 2.45) is 0 Å². The highest BCUT2D eigenvalue weighted by Crippen LogP contribution is 2.22. The van der Waals surface area contributed by atoms with Gasteiger partial charge in [0.2, 0.25) is 11.2 Å². The van der Waals surface area contributed by atoms with Crippen LogP contribution in [-0.4, -0.2) is 7.11 Å². The van der Waals surface area contributed by atoms with E-state index in [1.807, 2.05) is 30.3 Å². The van der Waals surface area contributed by atoms with Gasteiger partial charge in [-0.2, -0.15) is 0 Å². The number of benzene rings is 1. The third kappa shape index (κ3) is 2.66. The van der Waals surface area contributed by atoms with Gasteiger partial charge in [-0.25, -0.2) is 0 Å². The second-order valence-corrected chi connectivity index (χ2v) is 3.38. The lowest BCUT2D eigenvalue weighted by atomic mass is 10.2. The number of hydrogen-bond donors (Lipinski definition) is 0. The standard InChI is InChI=1S/C13H12O4/c1-15-13-12(11(14)7-8-16-13)17-9-10-5-3-2-4-6-10/h2-8H,9H2,1H3. The van der Waals surface area contributed by atoms with Crippen LogP contribution in [0, 0.1) is 0 Å². The Bertz CT molecular complexity index is 531. The van der Waals surface area contributed by atoms with Gasteiger partial charge in [0.1, 0.15) is 6.61 Å². The third-order valence-corrected chi connectivity index (χ3v) is 2.22. The van der Waals surface area contributed by atoms with Gasteiger partial charge >= 0.3 is 5.95 Å². The summed E-state index contributed by atoms with van der Waals surface area (Å²) in [7, 11) is 1.42. The Morgan fingerprint density at radius 2 is 1.94 bits per heavy atom. The Hall–Kier alpha value is -2.23. The van der Waals surface area contributed by atoms with Crippen molar-refractivity contribution in [2.45, 2.75) is 6.61 Å². The molecule has 0 radical (unpaired) electrons. The summed E-state index contributed by atoms with van der Waals surface area (Å²) in [4.78, 5) is 11.6. The summed E-state index contributed by atoms with van der Waals surface area (Å²) in [5.74, 6) is 0.187. The summed E-state index contributed by atoms with van der Waals surface area (Å²) in [6.45, 7) is 0.298. The fraction of sp³-hybridized carbons (Fsp3) is 0.154. The minimum absolute atomic E-state index is 0.0911. The van der Waals surface area contributed by atoms with Crippen LogP contribution in [0.4, 0.5) is 0 Å². The molecule has 0 atom stereocenters. The maximum absolute atomic E-state index is 11.6. The molecule has 17 heavy (non-hydrogen) atoms. The lowest BCUT2D eigenvalue weighted by Gasteiger charge is -2.07. The second kappa shape index (κ2) is 5.21. The molecule has 0 N–H and O–H groups in total. The predicted octanol–water partition coefficient (Wildman–Crippen LogP) is 2.23. The quantitative estimate of drug-likeness (QED) is 0.811. The Morgan fingerprint density at radius 1 is 1.18 bits per heavy atom. The molecule has 2 rings (SSSR count). The van der Waals surface area contributed by atoms with Crippen LogP contribution < -0.4 is 14.9 Å². The molecule has 0 aliphatic heterocycles. The van der Waals surface area contributed by atoms with E-state index < -0.39 is 0 Å². The first-order valence-electron chi connectivity index (χ1n) is 5.14. The first kappa shape index (κ1) is 11.3. The van der Waals surface area contributed by atoms with Gasteiger partial charge in [0.05, 0.1) is 13.4 Å².